The molecule has 0 saturated heterocycles. The number of hydrogen-bond donors (Lipinski definition) is 1. The van der Waals surface area contributed by atoms with Gasteiger partial charge in [-0.3, -0.25) is 0 Å². The second-order valence-corrected chi connectivity index (χ2v) is 4.59. The molecule has 1 aromatic carbocycles. The van der Waals surface area contributed by atoms with Crippen LogP contribution in [0, 0.1) is 5.82 Å². The van der Waals surface area contributed by atoms with Gasteiger partial charge in [-0.05, 0) is 25.1 Å². The van der Waals surface area contributed by atoms with E-state index in [0.29, 0.717) is 5.25 Å². The summed E-state index contributed by atoms with van der Waals surface area (Å²) >= 11 is 1.60. The average Bonchev–Trinajstić information content (AvgIpc) is 2.04. The molecule has 0 aliphatic heterocycles. The number of nitrogens with two attached hydrogens (primary N) is 1. The second-order valence-electron chi connectivity index (χ2n) is 3.14. The van der Waals surface area contributed by atoms with Crippen LogP contribution < -0.4 is 5.73 Å². The molecule has 2 N–H and O–H groups in total. The minimum atomic E-state index is -0.193. The lowest BCUT2D eigenvalue weighted by Gasteiger charge is -2.14. The van der Waals surface area contributed by atoms with Crippen molar-refractivity contribution in [2.75, 3.05) is 0 Å². The third kappa shape index (κ3) is 3.36. The van der Waals surface area contributed by atoms with E-state index < -0.39 is 0 Å². The van der Waals surface area contributed by atoms with Gasteiger partial charge in [0.15, 0.2) is 0 Å². The maximum absolute atomic E-state index is 12.8. The lowest BCUT2D eigenvalue weighted by molar-refractivity contribution is 0.624. The summed E-state index contributed by atoms with van der Waals surface area (Å²) in [6.07, 6.45) is 0. The summed E-state index contributed by atoms with van der Waals surface area (Å²) in [5.74, 6) is -0.193. The molecule has 0 amide bonds. The lowest BCUT2D eigenvalue weighted by atomic mass is 10.3. The Hall–Kier alpha value is -0.540. The predicted molar refractivity (Wildman–Crippen MR) is 55.4 cm³/mol. The van der Waals surface area contributed by atoms with Crippen molar-refractivity contribution in [1.29, 1.82) is 0 Å². The third-order valence-corrected chi connectivity index (χ3v) is 3.19. The Bertz CT molecular complexity index is 275. The van der Waals surface area contributed by atoms with Crippen molar-refractivity contribution >= 4 is 11.8 Å². The molecule has 2 atom stereocenters. The van der Waals surface area contributed by atoms with Crippen LogP contribution in [0.4, 0.5) is 4.39 Å². The zero-order valence-electron chi connectivity index (χ0n) is 7.83. The molecule has 0 aliphatic rings. The zero-order chi connectivity index (χ0) is 9.84. The first kappa shape index (κ1) is 10.5. The summed E-state index contributed by atoms with van der Waals surface area (Å²) in [6.45, 7) is 4.00. The van der Waals surface area contributed by atoms with Crippen molar-refractivity contribution in [2.45, 2.75) is 30.0 Å². The number of hydrogen-bond acceptors (Lipinski definition) is 2. The molecule has 0 bridgehead atoms. The van der Waals surface area contributed by atoms with Gasteiger partial charge in [0.1, 0.15) is 5.82 Å². The quantitative estimate of drug-likeness (QED) is 0.757. The van der Waals surface area contributed by atoms with Crippen LogP contribution in [0.3, 0.4) is 0 Å². The van der Waals surface area contributed by atoms with E-state index in [1.807, 2.05) is 19.9 Å². The first-order chi connectivity index (χ1) is 6.09. The SMILES string of the molecule is CC(N)C(C)Sc1cccc(F)c1. The summed E-state index contributed by atoms with van der Waals surface area (Å²) in [5, 5.41) is 0.307. The molecule has 13 heavy (non-hydrogen) atoms. The van der Waals surface area contributed by atoms with Crippen molar-refractivity contribution in [2.24, 2.45) is 5.73 Å². The molecule has 72 valence electrons. The standard InChI is InChI=1S/C10H14FNS/c1-7(12)8(2)13-10-5-3-4-9(11)6-10/h3-8H,12H2,1-2H3. The van der Waals surface area contributed by atoms with E-state index in [2.05, 4.69) is 0 Å². The highest BCUT2D eigenvalue weighted by molar-refractivity contribution is 8.00. The molecule has 0 fully saturated rings. The van der Waals surface area contributed by atoms with Gasteiger partial charge in [-0.15, -0.1) is 11.8 Å². The fourth-order valence-corrected chi connectivity index (χ4v) is 1.84. The van der Waals surface area contributed by atoms with Crippen molar-refractivity contribution in [3.05, 3.63) is 30.1 Å². The van der Waals surface area contributed by atoms with Crippen LogP contribution in [0.1, 0.15) is 13.8 Å². The van der Waals surface area contributed by atoms with Crippen molar-refractivity contribution in [1.82, 2.24) is 0 Å². The van der Waals surface area contributed by atoms with Gasteiger partial charge in [-0.25, -0.2) is 4.39 Å². The van der Waals surface area contributed by atoms with Gasteiger partial charge in [0.2, 0.25) is 0 Å². The Morgan fingerprint density at radius 1 is 1.38 bits per heavy atom. The zero-order valence-corrected chi connectivity index (χ0v) is 8.64. The molecule has 3 heteroatoms. The summed E-state index contributed by atoms with van der Waals surface area (Å²) < 4.78 is 12.8. The monoisotopic (exact) mass is 199 g/mol. The molecule has 0 saturated carbocycles. The van der Waals surface area contributed by atoms with Crippen LogP contribution >= 0.6 is 11.8 Å². The molecule has 1 nitrogen and oxygen atoms in total. The smallest absolute Gasteiger partial charge is 0.124 e. The highest BCUT2D eigenvalue weighted by Crippen LogP contribution is 2.24. The van der Waals surface area contributed by atoms with Gasteiger partial charge in [-0.1, -0.05) is 13.0 Å². The van der Waals surface area contributed by atoms with Crippen LogP contribution in [-0.4, -0.2) is 11.3 Å². The van der Waals surface area contributed by atoms with Gasteiger partial charge >= 0.3 is 0 Å². The number of thioether (sulfide) groups is 1. The third-order valence-electron chi connectivity index (χ3n) is 1.86. The lowest BCUT2D eigenvalue weighted by Crippen LogP contribution is -2.26. The molecule has 2 unspecified atom stereocenters. The molecule has 1 aromatic rings. The van der Waals surface area contributed by atoms with Crippen molar-refractivity contribution in [3.63, 3.8) is 0 Å². The van der Waals surface area contributed by atoms with E-state index in [9.17, 15) is 4.39 Å². The minimum Gasteiger partial charge on any atom is -0.327 e. The first-order valence-electron chi connectivity index (χ1n) is 4.27. The largest absolute Gasteiger partial charge is 0.327 e. The van der Waals surface area contributed by atoms with Gasteiger partial charge < -0.3 is 5.73 Å². The molecule has 0 heterocycles. The highest BCUT2D eigenvalue weighted by atomic mass is 32.2. The molecular weight excluding hydrogens is 185 g/mol. The Labute approximate surface area is 82.5 Å². The van der Waals surface area contributed by atoms with Gasteiger partial charge in [0.05, 0.1) is 0 Å². The number of rotatable bonds is 3. The normalized spacial score (nSPS) is 15.4. The number of halogens is 1. The number of benzene rings is 1. The van der Waals surface area contributed by atoms with Gasteiger partial charge in [0.25, 0.3) is 0 Å². The van der Waals surface area contributed by atoms with Crippen molar-refractivity contribution < 1.29 is 4.39 Å². The van der Waals surface area contributed by atoms with Crippen molar-refractivity contribution in [3.8, 4) is 0 Å². The molecule has 0 aliphatic carbocycles. The minimum absolute atomic E-state index is 0.119. The summed E-state index contributed by atoms with van der Waals surface area (Å²) in [7, 11) is 0. The van der Waals surface area contributed by atoms with Crippen LogP contribution in [-0.2, 0) is 0 Å². The summed E-state index contributed by atoms with van der Waals surface area (Å²) in [5.41, 5.74) is 5.71. The summed E-state index contributed by atoms with van der Waals surface area (Å²) in [4.78, 5) is 0.935. The van der Waals surface area contributed by atoms with Gasteiger partial charge in [0, 0.05) is 16.2 Å². The van der Waals surface area contributed by atoms with E-state index >= 15 is 0 Å². The molecule has 0 spiro atoms. The van der Waals surface area contributed by atoms with Crippen LogP contribution in [0.15, 0.2) is 29.2 Å². The molecule has 0 aromatic heterocycles. The average molecular weight is 199 g/mol. The predicted octanol–water partition coefficient (Wildman–Crippen LogP) is 2.65. The van der Waals surface area contributed by atoms with E-state index in [4.69, 9.17) is 5.73 Å². The van der Waals surface area contributed by atoms with Crippen LogP contribution in [0.25, 0.3) is 0 Å². The molecular formula is C10H14FNS. The van der Waals surface area contributed by atoms with E-state index in [1.165, 1.54) is 12.1 Å². The topological polar surface area (TPSA) is 26.0 Å². The fraction of sp³-hybridized carbons (Fsp3) is 0.400. The molecule has 1 rings (SSSR count). The fourth-order valence-electron chi connectivity index (χ4n) is 0.862. The molecule has 0 radical (unpaired) electrons. The first-order valence-corrected chi connectivity index (χ1v) is 5.15. The Morgan fingerprint density at radius 3 is 2.62 bits per heavy atom. The highest BCUT2D eigenvalue weighted by Gasteiger charge is 2.08. The second kappa shape index (κ2) is 4.63. The van der Waals surface area contributed by atoms with E-state index in [-0.39, 0.29) is 11.9 Å². The van der Waals surface area contributed by atoms with E-state index in [1.54, 1.807) is 17.8 Å². The van der Waals surface area contributed by atoms with Crippen LogP contribution in [0.2, 0.25) is 0 Å². The van der Waals surface area contributed by atoms with Crippen LogP contribution in [0.5, 0.6) is 0 Å². The summed E-state index contributed by atoms with van der Waals surface area (Å²) in [6, 6.07) is 6.70. The Morgan fingerprint density at radius 2 is 2.08 bits per heavy atom. The Kier molecular flexibility index (Phi) is 3.75. The Balaban J connectivity index is 2.64. The maximum atomic E-state index is 12.8. The van der Waals surface area contributed by atoms with Gasteiger partial charge in [-0.2, -0.15) is 0 Å². The maximum Gasteiger partial charge on any atom is 0.124 e. The van der Waals surface area contributed by atoms with E-state index in [0.717, 1.165) is 4.90 Å².